The Hall–Kier alpha value is -3.68. The zero-order chi connectivity index (χ0) is 18.1. The number of hydrogen-bond donors (Lipinski definition) is 1. The molecule has 26 heavy (non-hydrogen) atoms. The van der Waals surface area contributed by atoms with Gasteiger partial charge in [-0.05, 0) is 30.3 Å². The summed E-state index contributed by atoms with van der Waals surface area (Å²) >= 11 is 0. The molecule has 0 bridgehead atoms. The Balaban J connectivity index is 1.70. The Bertz CT molecular complexity index is 1100. The number of fused-ring (bicyclic) bond motifs is 1. The SMILES string of the molecule is COc1cc(NC(C)=O)ccc1-c1noc(-c2ccc3conc3c2)n1. The lowest BCUT2D eigenvalue weighted by molar-refractivity contribution is -0.114. The van der Waals surface area contributed by atoms with E-state index in [1.54, 1.807) is 24.5 Å². The van der Waals surface area contributed by atoms with Gasteiger partial charge in [0.05, 0.1) is 12.7 Å². The highest BCUT2D eigenvalue weighted by molar-refractivity contribution is 5.89. The standard InChI is InChI=1S/C18H14N4O4/c1-10(23)19-13-5-6-14(16(8-13)24-2)17-20-18(26-22-17)11-3-4-12-9-25-21-15(12)7-11/h3-9H,1-2H3,(H,19,23). The molecule has 1 amide bonds. The first kappa shape index (κ1) is 15.8. The van der Waals surface area contributed by atoms with Crippen LogP contribution < -0.4 is 10.1 Å². The predicted octanol–water partition coefficient (Wildman–Crippen LogP) is 3.51. The van der Waals surface area contributed by atoms with Crippen molar-refractivity contribution in [3.63, 3.8) is 0 Å². The van der Waals surface area contributed by atoms with Gasteiger partial charge in [-0.1, -0.05) is 10.3 Å². The minimum atomic E-state index is -0.162. The van der Waals surface area contributed by atoms with Crippen molar-refractivity contribution in [1.82, 2.24) is 15.3 Å². The van der Waals surface area contributed by atoms with E-state index in [4.69, 9.17) is 13.8 Å². The monoisotopic (exact) mass is 350 g/mol. The van der Waals surface area contributed by atoms with Crippen molar-refractivity contribution >= 4 is 22.5 Å². The molecule has 130 valence electrons. The van der Waals surface area contributed by atoms with Crippen LogP contribution in [0.2, 0.25) is 0 Å². The summed E-state index contributed by atoms with van der Waals surface area (Å²) in [4.78, 5) is 15.6. The van der Waals surface area contributed by atoms with E-state index >= 15 is 0 Å². The molecule has 2 aromatic heterocycles. The normalized spacial score (nSPS) is 10.8. The molecule has 0 aliphatic heterocycles. The first-order valence-corrected chi connectivity index (χ1v) is 7.78. The summed E-state index contributed by atoms with van der Waals surface area (Å²) in [7, 11) is 1.54. The lowest BCUT2D eigenvalue weighted by Gasteiger charge is -2.08. The fourth-order valence-corrected chi connectivity index (χ4v) is 2.60. The van der Waals surface area contributed by atoms with Crippen molar-refractivity contribution in [1.29, 1.82) is 0 Å². The highest BCUT2D eigenvalue weighted by Gasteiger charge is 2.16. The number of carbonyl (C=O) groups is 1. The van der Waals surface area contributed by atoms with Crippen LogP contribution >= 0.6 is 0 Å². The molecule has 2 heterocycles. The number of hydrogen-bond acceptors (Lipinski definition) is 7. The van der Waals surface area contributed by atoms with E-state index in [0.29, 0.717) is 34.2 Å². The molecule has 0 saturated carbocycles. The number of carbonyl (C=O) groups excluding carboxylic acids is 1. The van der Waals surface area contributed by atoms with E-state index < -0.39 is 0 Å². The summed E-state index contributed by atoms with van der Waals surface area (Å²) in [6, 6.07) is 10.7. The van der Waals surface area contributed by atoms with Gasteiger partial charge in [-0.2, -0.15) is 4.98 Å². The molecule has 8 heteroatoms. The molecule has 2 aromatic carbocycles. The van der Waals surface area contributed by atoms with Gasteiger partial charge in [0, 0.05) is 29.6 Å². The van der Waals surface area contributed by atoms with Gasteiger partial charge in [-0.25, -0.2) is 0 Å². The Morgan fingerprint density at radius 3 is 2.85 bits per heavy atom. The first-order valence-electron chi connectivity index (χ1n) is 7.78. The molecule has 1 N–H and O–H groups in total. The average molecular weight is 350 g/mol. The zero-order valence-corrected chi connectivity index (χ0v) is 14.0. The molecule has 0 spiro atoms. The van der Waals surface area contributed by atoms with Crippen LogP contribution in [0, 0.1) is 0 Å². The van der Waals surface area contributed by atoms with Crippen LogP contribution in [0.25, 0.3) is 33.7 Å². The number of rotatable bonds is 4. The number of nitrogens with zero attached hydrogens (tertiary/aromatic N) is 3. The van der Waals surface area contributed by atoms with Crippen molar-refractivity contribution in [3.05, 3.63) is 42.7 Å². The van der Waals surface area contributed by atoms with Gasteiger partial charge >= 0.3 is 0 Å². The maximum Gasteiger partial charge on any atom is 0.258 e. The molecular formula is C18H14N4O4. The summed E-state index contributed by atoms with van der Waals surface area (Å²) in [6.45, 7) is 1.44. The number of ether oxygens (including phenoxy) is 1. The molecule has 0 radical (unpaired) electrons. The molecule has 0 unspecified atom stereocenters. The minimum Gasteiger partial charge on any atom is -0.496 e. The first-order chi connectivity index (χ1) is 12.6. The quantitative estimate of drug-likeness (QED) is 0.600. The summed E-state index contributed by atoms with van der Waals surface area (Å²) in [5.74, 6) is 1.10. The third kappa shape index (κ3) is 2.88. The van der Waals surface area contributed by atoms with Gasteiger partial charge in [-0.15, -0.1) is 0 Å². The highest BCUT2D eigenvalue weighted by atomic mass is 16.5. The van der Waals surface area contributed by atoms with E-state index in [1.807, 2.05) is 18.2 Å². The number of benzene rings is 2. The third-order valence-corrected chi connectivity index (χ3v) is 3.80. The fraction of sp³-hybridized carbons (Fsp3) is 0.111. The zero-order valence-electron chi connectivity index (χ0n) is 14.0. The van der Waals surface area contributed by atoms with Crippen LogP contribution in [0.1, 0.15) is 6.92 Å². The summed E-state index contributed by atoms with van der Waals surface area (Å²) in [6.07, 6.45) is 1.57. The maximum absolute atomic E-state index is 11.2. The Labute approximate surface area is 147 Å². The number of nitrogens with one attached hydrogen (secondary N) is 1. The van der Waals surface area contributed by atoms with E-state index in [2.05, 4.69) is 20.6 Å². The molecule has 0 saturated heterocycles. The van der Waals surface area contributed by atoms with Gasteiger partial charge in [0.15, 0.2) is 0 Å². The van der Waals surface area contributed by atoms with Gasteiger partial charge in [-0.3, -0.25) is 4.79 Å². The number of methoxy groups -OCH3 is 1. The van der Waals surface area contributed by atoms with Gasteiger partial charge in [0.25, 0.3) is 5.89 Å². The summed E-state index contributed by atoms with van der Waals surface area (Å²) in [5.41, 5.74) is 2.72. The topological polar surface area (TPSA) is 103 Å². The van der Waals surface area contributed by atoms with Gasteiger partial charge in [0.1, 0.15) is 17.5 Å². The molecule has 0 fully saturated rings. The van der Waals surface area contributed by atoms with Crippen molar-refractivity contribution in [2.45, 2.75) is 6.92 Å². The van der Waals surface area contributed by atoms with Crippen LogP contribution in [0.4, 0.5) is 5.69 Å². The van der Waals surface area contributed by atoms with E-state index in [0.717, 1.165) is 10.9 Å². The molecule has 0 atom stereocenters. The third-order valence-electron chi connectivity index (χ3n) is 3.80. The molecule has 4 aromatic rings. The van der Waals surface area contributed by atoms with Crippen molar-refractivity contribution in [2.24, 2.45) is 0 Å². The summed E-state index contributed by atoms with van der Waals surface area (Å²) in [5, 5.41) is 11.5. The predicted molar refractivity (Wildman–Crippen MR) is 93.6 cm³/mol. The number of aromatic nitrogens is 3. The fourth-order valence-electron chi connectivity index (χ4n) is 2.60. The molecule has 0 aliphatic carbocycles. The Kier molecular flexibility index (Phi) is 3.85. The lowest BCUT2D eigenvalue weighted by atomic mass is 10.1. The van der Waals surface area contributed by atoms with Crippen molar-refractivity contribution in [3.8, 4) is 28.6 Å². The largest absolute Gasteiger partial charge is 0.496 e. The minimum absolute atomic E-state index is 0.162. The molecule has 4 rings (SSSR count). The van der Waals surface area contributed by atoms with E-state index in [9.17, 15) is 4.79 Å². The maximum atomic E-state index is 11.2. The lowest BCUT2D eigenvalue weighted by Crippen LogP contribution is -2.05. The van der Waals surface area contributed by atoms with Crippen LogP contribution in [-0.4, -0.2) is 28.3 Å². The Morgan fingerprint density at radius 2 is 2.04 bits per heavy atom. The van der Waals surface area contributed by atoms with Crippen LogP contribution in [-0.2, 0) is 4.79 Å². The average Bonchev–Trinajstić information content (AvgIpc) is 3.29. The highest BCUT2D eigenvalue weighted by Crippen LogP contribution is 2.32. The number of amides is 1. The second kappa shape index (κ2) is 6.32. The van der Waals surface area contributed by atoms with Gasteiger partial charge in [0.2, 0.25) is 11.7 Å². The van der Waals surface area contributed by atoms with Gasteiger partial charge < -0.3 is 19.1 Å². The Morgan fingerprint density at radius 1 is 1.15 bits per heavy atom. The number of anilines is 1. The molecule has 0 aliphatic rings. The molecular weight excluding hydrogens is 336 g/mol. The van der Waals surface area contributed by atoms with Crippen LogP contribution in [0.5, 0.6) is 5.75 Å². The smallest absolute Gasteiger partial charge is 0.258 e. The van der Waals surface area contributed by atoms with Crippen molar-refractivity contribution < 1.29 is 18.6 Å². The summed E-state index contributed by atoms with van der Waals surface area (Å²) < 4.78 is 15.7. The van der Waals surface area contributed by atoms with E-state index in [1.165, 1.54) is 14.0 Å². The molecule has 8 nitrogen and oxygen atoms in total. The second-order valence-electron chi connectivity index (χ2n) is 5.61. The van der Waals surface area contributed by atoms with Crippen LogP contribution in [0.3, 0.4) is 0 Å². The van der Waals surface area contributed by atoms with Crippen LogP contribution in [0.15, 0.2) is 51.7 Å². The second-order valence-corrected chi connectivity index (χ2v) is 5.61. The van der Waals surface area contributed by atoms with Crippen molar-refractivity contribution in [2.75, 3.05) is 12.4 Å². The van der Waals surface area contributed by atoms with E-state index in [-0.39, 0.29) is 5.91 Å².